The van der Waals surface area contributed by atoms with Crippen molar-refractivity contribution in [3.05, 3.63) is 65.2 Å². The topological polar surface area (TPSA) is 32.8 Å². The zero-order valence-corrected chi connectivity index (χ0v) is 14.8. The van der Waals surface area contributed by atoms with Crippen molar-refractivity contribution in [1.29, 1.82) is 0 Å². The molecule has 1 fully saturated rings. The van der Waals surface area contributed by atoms with Gasteiger partial charge in [-0.2, -0.15) is 0 Å². The van der Waals surface area contributed by atoms with E-state index in [0.29, 0.717) is 50.5 Å². The van der Waals surface area contributed by atoms with Gasteiger partial charge in [0, 0.05) is 43.9 Å². The van der Waals surface area contributed by atoms with E-state index in [1.807, 2.05) is 11.8 Å². The zero-order chi connectivity index (χ0) is 18.5. The van der Waals surface area contributed by atoms with Gasteiger partial charge >= 0.3 is 0 Å². The lowest BCUT2D eigenvalue weighted by Crippen LogP contribution is -2.48. The Morgan fingerprint density at radius 1 is 1.04 bits per heavy atom. The van der Waals surface area contributed by atoms with Crippen LogP contribution in [-0.2, 0) is 6.54 Å². The normalized spacial score (nSPS) is 15.1. The summed E-state index contributed by atoms with van der Waals surface area (Å²) in [6, 6.07) is 11.3. The van der Waals surface area contributed by atoms with Crippen LogP contribution in [0.2, 0.25) is 0 Å². The van der Waals surface area contributed by atoms with Crippen LogP contribution in [0.4, 0.5) is 8.78 Å². The highest BCUT2D eigenvalue weighted by molar-refractivity contribution is 5.94. The molecule has 1 saturated heterocycles. The van der Waals surface area contributed by atoms with E-state index in [1.165, 1.54) is 6.07 Å². The minimum absolute atomic E-state index is 0.0235. The van der Waals surface area contributed by atoms with Crippen LogP contribution >= 0.6 is 0 Å². The lowest BCUT2D eigenvalue weighted by Gasteiger charge is -2.34. The third kappa shape index (κ3) is 4.19. The van der Waals surface area contributed by atoms with Gasteiger partial charge in [-0.15, -0.1) is 0 Å². The van der Waals surface area contributed by atoms with E-state index in [2.05, 4.69) is 0 Å². The number of piperazine rings is 1. The Morgan fingerprint density at radius 3 is 2.38 bits per heavy atom. The van der Waals surface area contributed by atoms with Gasteiger partial charge in [-0.3, -0.25) is 9.69 Å². The Hall–Kier alpha value is -2.47. The molecule has 0 unspecified atom stereocenters. The third-order valence-electron chi connectivity index (χ3n) is 4.50. The molecule has 26 heavy (non-hydrogen) atoms. The van der Waals surface area contributed by atoms with Gasteiger partial charge in [-0.1, -0.05) is 12.1 Å². The van der Waals surface area contributed by atoms with Gasteiger partial charge in [0.1, 0.15) is 5.75 Å². The molecular formula is C20H22F2N2O2. The Labute approximate surface area is 152 Å². The maximum absolute atomic E-state index is 13.8. The molecule has 2 aromatic carbocycles. The highest BCUT2D eigenvalue weighted by Gasteiger charge is 2.23. The van der Waals surface area contributed by atoms with Gasteiger partial charge in [0.25, 0.3) is 5.91 Å². The van der Waals surface area contributed by atoms with Crippen LogP contribution in [-0.4, -0.2) is 48.5 Å². The van der Waals surface area contributed by atoms with Crippen LogP contribution in [0.1, 0.15) is 22.8 Å². The van der Waals surface area contributed by atoms with E-state index in [4.69, 9.17) is 4.74 Å². The quantitative estimate of drug-likeness (QED) is 0.820. The standard InChI is InChI=1S/C20H22F2N2O2/c1-2-26-17-8-6-15(7-9-17)20(25)24-12-10-23(11-13-24)14-16-4-3-5-18(21)19(16)22/h3-9H,2,10-14H2,1H3. The van der Waals surface area contributed by atoms with Crippen LogP contribution in [0.25, 0.3) is 0 Å². The van der Waals surface area contributed by atoms with Crippen molar-refractivity contribution < 1.29 is 18.3 Å². The smallest absolute Gasteiger partial charge is 0.253 e. The van der Waals surface area contributed by atoms with Crippen molar-refractivity contribution in [2.45, 2.75) is 13.5 Å². The number of halogens is 2. The predicted octanol–water partition coefficient (Wildman–Crippen LogP) is 3.32. The van der Waals surface area contributed by atoms with E-state index >= 15 is 0 Å². The lowest BCUT2D eigenvalue weighted by atomic mass is 10.1. The minimum Gasteiger partial charge on any atom is -0.494 e. The fourth-order valence-electron chi connectivity index (χ4n) is 3.06. The van der Waals surface area contributed by atoms with Crippen LogP contribution < -0.4 is 4.74 Å². The molecule has 1 aliphatic heterocycles. The molecule has 0 aromatic heterocycles. The minimum atomic E-state index is -0.827. The summed E-state index contributed by atoms with van der Waals surface area (Å²) in [6.07, 6.45) is 0. The van der Waals surface area contributed by atoms with Gasteiger partial charge in [0.15, 0.2) is 11.6 Å². The number of ether oxygens (including phenoxy) is 1. The summed E-state index contributed by atoms with van der Waals surface area (Å²) in [5.74, 6) is -0.900. The highest BCUT2D eigenvalue weighted by atomic mass is 19.2. The molecule has 0 aliphatic carbocycles. The predicted molar refractivity (Wildman–Crippen MR) is 95.1 cm³/mol. The van der Waals surface area contributed by atoms with Crippen molar-refractivity contribution in [1.82, 2.24) is 9.80 Å². The summed E-state index contributed by atoms with van der Waals surface area (Å²) >= 11 is 0. The number of hydrogen-bond donors (Lipinski definition) is 0. The van der Waals surface area contributed by atoms with Crippen molar-refractivity contribution in [2.24, 2.45) is 0 Å². The Kier molecular flexibility index (Phi) is 5.83. The Balaban J connectivity index is 1.56. The fraction of sp³-hybridized carbons (Fsp3) is 0.350. The molecule has 1 heterocycles. The first-order valence-electron chi connectivity index (χ1n) is 8.76. The van der Waals surface area contributed by atoms with E-state index in [-0.39, 0.29) is 5.91 Å². The molecule has 0 saturated carbocycles. The van der Waals surface area contributed by atoms with Crippen LogP contribution in [0.15, 0.2) is 42.5 Å². The SMILES string of the molecule is CCOc1ccc(C(=O)N2CCN(Cc3cccc(F)c3F)CC2)cc1. The molecule has 0 radical (unpaired) electrons. The number of benzene rings is 2. The third-order valence-corrected chi connectivity index (χ3v) is 4.50. The summed E-state index contributed by atoms with van der Waals surface area (Å²) in [7, 11) is 0. The van der Waals surface area contributed by atoms with Gasteiger partial charge < -0.3 is 9.64 Å². The molecule has 0 atom stereocenters. The van der Waals surface area contributed by atoms with Crippen LogP contribution in [0.3, 0.4) is 0 Å². The van der Waals surface area contributed by atoms with Crippen LogP contribution in [0, 0.1) is 11.6 Å². The first-order valence-corrected chi connectivity index (χ1v) is 8.76. The molecule has 6 heteroatoms. The first-order chi connectivity index (χ1) is 12.6. The molecule has 4 nitrogen and oxygen atoms in total. The maximum atomic E-state index is 13.8. The van der Waals surface area contributed by atoms with Gasteiger partial charge in [-0.05, 0) is 37.3 Å². The first kappa shape index (κ1) is 18.3. The number of nitrogens with zero attached hydrogens (tertiary/aromatic N) is 2. The van der Waals surface area contributed by atoms with Crippen LogP contribution in [0.5, 0.6) is 5.75 Å². The molecule has 2 aromatic rings. The second-order valence-corrected chi connectivity index (χ2v) is 6.24. The highest BCUT2D eigenvalue weighted by Crippen LogP contribution is 2.17. The Morgan fingerprint density at radius 2 is 1.73 bits per heavy atom. The number of rotatable bonds is 5. The van der Waals surface area contributed by atoms with Crippen molar-refractivity contribution in [3.63, 3.8) is 0 Å². The average molecular weight is 360 g/mol. The number of carbonyl (C=O) groups excluding carboxylic acids is 1. The van der Waals surface area contributed by atoms with E-state index in [1.54, 1.807) is 35.2 Å². The summed E-state index contributed by atoms with van der Waals surface area (Å²) in [5, 5.41) is 0. The molecule has 3 rings (SSSR count). The molecular weight excluding hydrogens is 338 g/mol. The molecule has 1 amide bonds. The molecule has 0 bridgehead atoms. The molecule has 0 N–H and O–H groups in total. The number of hydrogen-bond acceptors (Lipinski definition) is 3. The van der Waals surface area contributed by atoms with Crippen molar-refractivity contribution in [2.75, 3.05) is 32.8 Å². The monoisotopic (exact) mass is 360 g/mol. The summed E-state index contributed by atoms with van der Waals surface area (Å²) < 4.78 is 32.5. The summed E-state index contributed by atoms with van der Waals surface area (Å²) in [4.78, 5) is 16.4. The number of carbonyl (C=O) groups is 1. The average Bonchev–Trinajstić information content (AvgIpc) is 2.66. The van der Waals surface area contributed by atoms with Gasteiger partial charge in [0.2, 0.25) is 0 Å². The zero-order valence-electron chi connectivity index (χ0n) is 14.8. The maximum Gasteiger partial charge on any atom is 0.253 e. The molecule has 1 aliphatic rings. The molecule has 0 spiro atoms. The fourth-order valence-corrected chi connectivity index (χ4v) is 3.06. The summed E-state index contributed by atoms with van der Waals surface area (Å²) in [6.45, 7) is 5.20. The van der Waals surface area contributed by atoms with Gasteiger partial charge in [-0.25, -0.2) is 8.78 Å². The van der Waals surface area contributed by atoms with Gasteiger partial charge in [0.05, 0.1) is 6.61 Å². The van der Waals surface area contributed by atoms with E-state index < -0.39 is 11.6 Å². The second kappa shape index (κ2) is 8.27. The van der Waals surface area contributed by atoms with E-state index in [9.17, 15) is 13.6 Å². The largest absolute Gasteiger partial charge is 0.494 e. The second-order valence-electron chi connectivity index (χ2n) is 6.24. The molecule has 138 valence electrons. The van der Waals surface area contributed by atoms with E-state index in [0.717, 1.165) is 11.8 Å². The Bertz CT molecular complexity index is 757. The van der Waals surface area contributed by atoms with Crippen molar-refractivity contribution in [3.8, 4) is 5.75 Å². The lowest BCUT2D eigenvalue weighted by molar-refractivity contribution is 0.0627. The van der Waals surface area contributed by atoms with Crippen molar-refractivity contribution >= 4 is 5.91 Å². The summed E-state index contributed by atoms with van der Waals surface area (Å²) in [5.41, 5.74) is 0.967. The number of amides is 1.